The summed E-state index contributed by atoms with van der Waals surface area (Å²) in [6.07, 6.45) is 0. The molecule has 0 aromatic heterocycles. The van der Waals surface area contributed by atoms with Crippen molar-refractivity contribution in [3.8, 4) is 0 Å². The first-order valence-electron chi connectivity index (χ1n) is 4.02. The summed E-state index contributed by atoms with van der Waals surface area (Å²) in [6.45, 7) is 2.22. The molecule has 0 bridgehead atoms. The lowest BCUT2D eigenvalue weighted by Gasteiger charge is -2.05. The van der Waals surface area contributed by atoms with E-state index in [0.717, 1.165) is 0 Å². The normalized spacial score (nSPS) is 9.93. The molecule has 0 saturated heterocycles. The maximum absolute atomic E-state index is 11.4. The molecule has 0 atom stereocenters. The molecule has 0 saturated carbocycles. The summed E-state index contributed by atoms with van der Waals surface area (Å²) < 4.78 is 0.641. The number of hydrogen-bond acceptors (Lipinski definition) is 2. The third kappa shape index (κ3) is 2.97. The maximum atomic E-state index is 11.4. The van der Waals surface area contributed by atoms with E-state index in [-0.39, 0.29) is 5.91 Å². The largest absolute Gasteiger partial charge is 0.275 e. The van der Waals surface area contributed by atoms with Crippen molar-refractivity contribution in [2.24, 2.45) is 0 Å². The van der Waals surface area contributed by atoms with Crippen molar-refractivity contribution in [3.63, 3.8) is 0 Å². The molecule has 76 valence electrons. The fourth-order valence-corrected chi connectivity index (χ4v) is 1.73. The van der Waals surface area contributed by atoms with E-state index in [1.54, 1.807) is 25.1 Å². The van der Waals surface area contributed by atoms with Crippen molar-refractivity contribution in [3.05, 3.63) is 33.3 Å². The molecule has 0 heterocycles. The van der Waals surface area contributed by atoms with Crippen LogP contribution in [0.15, 0.2) is 22.7 Å². The molecule has 0 aliphatic heterocycles. The van der Waals surface area contributed by atoms with Gasteiger partial charge in [0.15, 0.2) is 0 Å². The third-order valence-electron chi connectivity index (χ3n) is 1.48. The van der Waals surface area contributed by atoms with Crippen LogP contribution in [0.2, 0.25) is 5.02 Å². The summed E-state index contributed by atoms with van der Waals surface area (Å²) in [4.78, 5) is 16.2. The van der Waals surface area contributed by atoms with E-state index >= 15 is 0 Å². The second kappa shape index (κ2) is 5.34. The summed E-state index contributed by atoms with van der Waals surface area (Å²) in [5.74, 6) is -0.296. The first-order chi connectivity index (χ1) is 6.65. The van der Waals surface area contributed by atoms with Crippen molar-refractivity contribution in [2.45, 2.75) is 6.92 Å². The van der Waals surface area contributed by atoms with E-state index < -0.39 is 0 Å². The Labute approximate surface area is 95.5 Å². The molecule has 0 fully saturated rings. The zero-order valence-corrected chi connectivity index (χ0v) is 9.85. The summed E-state index contributed by atoms with van der Waals surface area (Å²) in [6, 6.07) is 4.93. The van der Waals surface area contributed by atoms with E-state index in [4.69, 9.17) is 16.4 Å². The van der Waals surface area contributed by atoms with Gasteiger partial charge in [-0.05, 0) is 41.1 Å². The Hall–Kier alpha value is -0.580. The van der Waals surface area contributed by atoms with Gasteiger partial charge in [0.1, 0.15) is 0 Å². The highest BCUT2D eigenvalue weighted by Gasteiger charge is 2.09. The second-order valence-corrected chi connectivity index (χ2v) is 3.78. The molecular weight excluding hydrogens is 269 g/mol. The molecular formula is C9H9BrClNO2. The predicted octanol–water partition coefficient (Wildman–Crippen LogP) is 2.78. The van der Waals surface area contributed by atoms with Gasteiger partial charge in [-0.15, -0.1) is 0 Å². The Balaban J connectivity index is 2.80. The Morgan fingerprint density at radius 3 is 2.93 bits per heavy atom. The highest BCUT2D eigenvalue weighted by Crippen LogP contribution is 2.21. The van der Waals surface area contributed by atoms with Crippen LogP contribution in [0.3, 0.4) is 0 Å². The van der Waals surface area contributed by atoms with Crippen molar-refractivity contribution < 1.29 is 9.63 Å². The average Bonchev–Trinajstić information content (AvgIpc) is 2.14. The summed E-state index contributed by atoms with van der Waals surface area (Å²) in [5, 5.41) is 0.574. The SMILES string of the molecule is CCONC(=O)c1ccc(Cl)cc1Br. The molecule has 0 aliphatic rings. The highest BCUT2D eigenvalue weighted by atomic mass is 79.9. The first kappa shape index (κ1) is 11.5. The zero-order valence-electron chi connectivity index (χ0n) is 7.51. The average molecular weight is 279 g/mol. The zero-order chi connectivity index (χ0) is 10.6. The molecule has 3 nitrogen and oxygen atoms in total. The van der Waals surface area contributed by atoms with Gasteiger partial charge in [0, 0.05) is 9.50 Å². The van der Waals surface area contributed by atoms with Gasteiger partial charge in [0.2, 0.25) is 0 Å². The lowest BCUT2D eigenvalue weighted by Crippen LogP contribution is -2.23. The first-order valence-corrected chi connectivity index (χ1v) is 5.19. The highest BCUT2D eigenvalue weighted by molar-refractivity contribution is 9.10. The van der Waals surface area contributed by atoms with Gasteiger partial charge >= 0.3 is 0 Å². The van der Waals surface area contributed by atoms with Crippen molar-refractivity contribution in [1.82, 2.24) is 5.48 Å². The number of halogens is 2. The molecule has 0 aliphatic carbocycles. The minimum Gasteiger partial charge on any atom is -0.274 e. The number of hydroxylamine groups is 1. The van der Waals surface area contributed by atoms with Crippen LogP contribution < -0.4 is 5.48 Å². The molecule has 1 aromatic rings. The van der Waals surface area contributed by atoms with Crippen LogP contribution in [0.1, 0.15) is 17.3 Å². The van der Waals surface area contributed by atoms with Gasteiger partial charge in [-0.3, -0.25) is 9.63 Å². The molecule has 14 heavy (non-hydrogen) atoms. The Kier molecular flexibility index (Phi) is 4.38. The van der Waals surface area contributed by atoms with Crippen LogP contribution in [0.25, 0.3) is 0 Å². The molecule has 0 radical (unpaired) electrons. The van der Waals surface area contributed by atoms with Gasteiger partial charge in [0.25, 0.3) is 5.91 Å². The topological polar surface area (TPSA) is 38.3 Å². The van der Waals surface area contributed by atoms with E-state index in [1.165, 1.54) is 0 Å². The fourth-order valence-electron chi connectivity index (χ4n) is 0.866. The number of benzene rings is 1. The van der Waals surface area contributed by atoms with Crippen molar-refractivity contribution in [2.75, 3.05) is 6.61 Å². The van der Waals surface area contributed by atoms with Crippen LogP contribution in [0.4, 0.5) is 0 Å². The van der Waals surface area contributed by atoms with E-state index in [9.17, 15) is 4.79 Å². The molecule has 1 rings (SSSR count). The standard InChI is InChI=1S/C9H9BrClNO2/c1-2-14-12-9(13)7-4-3-6(11)5-8(7)10/h3-5H,2H2,1H3,(H,12,13). The van der Waals surface area contributed by atoms with E-state index in [0.29, 0.717) is 21.7 Å². The van der Waals surface area contributed by atoms with Gasteiger partial charge in [0.05, 0.1) is 12.2 Å². The molecule has 1 amide bonds. The van der Waals surface area contributed by atoms with Gasteiger partial charge < -0.3 is 0 Å². The lowest BCUT2D eigenvalue weighted by molar-refractivity contribution is 0.0364. The quantitative estimate of drug-likeness (QED) is 0.864. The number of hydrogen-bond donors (Lipinski definition) is 1. The molecule has 0 spiro atoms. The van der Waals surface area contributed by atoms with Gasteiger partial charge in [-0.1, -0.05) is 11.6 Å². The summed E-state index contributed by atoms with van der Waals surface area (Å²) in [5.41, 5.74) is 2.79. The van der Waals surface area contributed by atoms with E-state index in [2.05, 4.69) is 21.4 Å². The van der Waals surface area contributed by atoms with E-state index in [1.807, 2.05) is 0 Å². The Bertz CT molecular complexity index is 344. The van der Waals surface area contributed by atoms with Gasteiger partial charge in [-0.25, -0.2) is 5.48 Å². The Morgan fingerprint density at radius 2 is 2.36 bits per heavy atom. The van der Waals surface area contributed by atoms with Crippen LogP contribution in [-0.4, -0.2) is 12.5 Å². The summed E-state index contributed by atoms with van der Waals surface area (Å²) >= 11 is 8.97. The fraction of sp³-hybridized carbons (Fsp3) is 0.222. The van der Waals surface area contributed by atoms with Gasteiger partial charge in [-0.2, -0.15) is 0 Å². The number of nitrogens with one attached hydrogen (secondary N) is 1. The third-order valence-corrected chi connectivity index (χ3v) is 2.38. The second-order valence-electron chi connectivity index (χ2n) is 2.49. The van der Waals surface area contributed by atoms with Crippen LogP contribution in [-0.2, 0) is 4.84 Å². The minimum atomic E-state index is -0.296. The number of amides is 1. The van der Waals surface area contributed by atoms with Crippen molar-refractivity contribution in [1.29, 1.82) is 0 Å². The molecule has 1 N–H and O–H groups in total. The molecule has 1 aromatic carbocycles. The smallest absolute Gasteiger partial charge is 0.274 e. The Morgan fingerprint density at radius 1 is 1.64 bits per heavy atom. The van der Waals surface area contributed by atoms with Crippen LogP contribution in [0.5, 0.6) is 0 Å². The van der Waals surface area contributed by atoms with Crippen LogP contribution >= 0.6 is 27.5 Å². The maximum Gasteiger partial charge on any atom is 0.275 e. The molecule has 5 heteroatoms. The minimum absolute atomic E-state index is 0.296. The number of carbonyl (C=O) groups is 1. The number of carbonyl (C=O) groups excluding carboxylic acids is 1. The van der Waals surface area contributed by atoms with Crippen molar-refractivity contribution >= 4 is 33.4 Å². The lowest BCUT2D eigenvalue weighted by atomic mass is 10.2. The monoisotopic (exact) mass is 277 g/mol. The number of rotatable bonds is 3. The molecule has 0 unspecified atom stereocenters. The summed E-state index contributed by atoms with van der Waals surface area (Å²) in [7, 11) is 0. The van der Waals surface area contributed by atoms with Crippen LogP contribution in [0, 0.1) is 0 Å². The predicted molar refractivity (Wildman–Crippen MR) is 58.2 cm³/mol.